The molecule has 2 aromatic heterocycles. The molecule has 0 saturated carbocycles. The van der Waals surface area contributed by atoms with Crippen LogP contribution in [0.2, 0.25) is 5.02 Å². The van der Waals surface area contributed by atoms with Crippen LogP contribution < -0.4 is 15.6 Å². The molecule has 2 aliphatic rings. The number of aromatic nitrogens is 3. The number of carboxylic acid groups (broad SMARTS) is 1. The first-order valence-corrected chi connectivity index (χ1v) is 14.7. The minimum absolute atomic E-state index is 0.0816. The summed E-state index contributed by atoms with van der Waals surface area (Å²) in [6.07, 6.45) is 2.86. The Balaban J connectivity index is 1.12. The number of rotatable bonds is 9. The number of benzene rings is 2. The fourth-order valence-electron chi connectivity index (χ4n) is 5.89. The van der Waals surface area contributed by atoms with Gasteiger partial charge in [0.25, 0.3) is 0 Å². The van der Waals surface area contributed by atoms with E-state index in [4.69, 9.17) is 26.3 Å². The quantitative estimate of drug-likeness (QED) is 0.246. The third kappa shape index (κ3) is 6.42. The number of aromatic carboxylic acids is 1. The van der Waals surface area contributed by atoms with Gasteiger partial charge >= 0.3 is 5.97 Å². The SMILES string of the molecule is CC1CC(Cn2c(CN3CCC(c4cccc(OCc5ccc(Cl)cc5F)n4)CC3)nc3ccc(C(=O)O)cc32)NN1. The van der Waals surface area contributed by atoms with E-state index in [1.807, 2.05) is 12.1 Å². The average Bonchev–Trinajstić information content (AvgIpc) is 3.55. The molecule has 0 bridgehead atoms. The standard InChI is InChI=1S/C31H34ClFN6O3/c1-19-13-24(37-36-19)16-39-28-14-21(31(40)41)6-8-27(28)34-29(39)17-38-11-9-20(10-12-38)26-3-2-4-30(35-26)42-18-22-5-7-23(32)15-25(22)33/h2-8,14-15,19-20,24,36-37H,9-13,16-18H2,1H3,(H,40,41). The first-order valence-electron chi connectivity index (χ1n) is 14.3. The van der Waals surface area contributed by atoms with Gasteiger partial charge in [-0.3, -0.25) is 15.8 Å². The Morgan fingerprint density at radius 2 is 1.95 bits per heavy atom. The van der Waals surface area contributed by atoms with Crippen LogP contribution >= 0.6 is 11.6 Å². The van der Waals surface area contributed by atoms with Crippen molar-refractivity contribution in [2.24, 2.45) is 0 Å². The zero-order valence-corrected chi connectivity index (χ0v) is 24.1. The van der Waals surface area contributed by atoms with E-state index < -0.39 is 11.8 Å². The summed E-state index contributed by atoms with van der Waals surface area (Å²) in [7, 11) is 0. The molecule has 2 saturated heterocycles. The number of pyridine rings is 1. The third-order valence-corrected chi connectivity index (χ3v) is 8.39. The third-order valence-electron chi connectivity index (χ3n) is 8.16. The lowest BCUT2D eigenvalue weighted by Crippen LogP contribution is -2.36. The van der Waals surface area contributed by atoms with Crippen LogP contribution in [-0.4, -0.2) is 55.7 Å². The van der Waals surface area contributed by atoms with Crippen molar-refractivity contribution >= 4 is 28.6 Å². The number of ether oxygens (including phenoxy) is 1. The lowest BCUT2D eigenvalue weighted by atomic mass is 9.93. The number of carbonyl (C=O) groups is 1. The number of likely N-dealkylation sites (tertiary alicyclic amines) is 1. The number of halogens is 2. The molecule has 2 atom stereocenters. The van der Waals surface area contributed by atoms with Crippen LogP contribution in [0.1, 0.15) is 59.5 Å². The van der Waals surface area contributed by atoms with E-state index in [9.17, 15) is 14.3 Å². The first-order chi connectivity index (χ1) is 20.3. The van der Waals surface area contributed by atoms with Gasteiger partial charge in [-0.1, -0.05) is 23.7 Å². The van der Waals surface area contributed by atoms with E-state index in [2.05, 4.69) is 27.2 Å². The normalized spacial score (nSPS) is 19.9. The van der Waals surface area contributed by atoms with Crippen LogP contribution in [0.4, 0.5) is 4.39 Å². The molecular formula is C31H34ClFN6O3. The summed E-state index contributed by atoms with van der Waals surface area (Å²) in [4.78, 5) is 23.7. The van der Waals surface area contributed by atoms with Crippen molar-refractivity contribution < 1.29 is 19.0 Å². The van der Waals surface area contributed by atoms with E-state index in [1.54, 1.807) is 36.4 Å². The Morgan fingerprint density at radius 1 is 1.12 bits per heavy atom. The van der Waals surface area contributed by atoms with Gasteiger partial charge < -0.3 is 14.4 Å². The molecule has 11 heteroatoms. The van der Waals surface area contributed by atoms with Crippen LogP contribution in [0.5, 0.6) is 5.88 Å². The van der Waals surface area contributed by atoms with Gasteiger partial charge in [-0.25, -0.2) is 19.2 Å². The maximum absolute atomic E-state index is 14.1. The van der Waals surface area contributed by atoms with E-state index in [1.165, 1.54) is 6.07 Å². The lowest BCUT2D eigenvalue weighted by molar-refractivity contribution is 0.0697. The van der Waals surface area contributed by atoms with E-state index in [0.717, 1.165) is 54.9 Å². The number of piperidine rings is 1. The molecule has 2 aliphatic heterocycles. The minimum atomic E-state index is -0.942. The van der Waals surface area contributed by atoms with Crippen molar-refractivity contribution in [2.75, 3.05) is 13.1 Å². The summed E-state index contributed by atoms with van der Waals surface area (Å²) in [5, 5.41) is 9.92. The number of imidazole rings is 1. The maximum atomic E-state index is 14.1. The summed E-state index contributed by atoms with van der Waals surface area (Å²) in [6, 6.07) is 16.1. The molecule has 0 radical (unpaired) electrons. The smallest absolute Gasteiger partial charge is 0.335 e. The van der Waals surface area contributed by atoms with Gasteiger partial charge in [0.2, 0.25) is 5.88 Å². The second kappa shape index (κ2) is 12.3. The highest BCUT2D eigenvalue weighted by molar-refractivity contribution is 6.30. The molecule has 6 rings (SSSR count). The van der Waals surface area contributed by atoms with Gasteiger partial charge in [-0.05, 0) is 75.7 Å². The Morgan fingerprint density at radius 3 is 2.69 bits per heavy atom. The summed E-state index contributed by atoms with van der Waals surface area (Å²) in [5.74, 6) is 0.373. The van der Waals surface area contributed by atoms with Gasteiger partial charge in [0.1, 0.15) is 18.2 Å². The molecule has 42 heavy (non-hydrogen) atoms. The van der Waals surface area contributed by atoms with Gasteiger partial charge in [0.15, 0.2) is 0 Å². The summed E-state index contributed by atoms with van der Waals surface area (Å²) in [6.45, 7) is 5.39. The maximum Gasteiger partial charge on any atom is 0.335 e. The van der Waals surface area contributed by atoms with Gasteiger partial charge in [0, 0.05) is 46.9 Å². The summed E-state index contributed by atoms with van der Waals surface area (Å²) in [5.41, 5.74) is 9.97. The fraction of sp³-hybridized carbons (Fsp3) is 0.387. The molecule has 4 aromatic rings. The first kappa shape index (κ1) is 28.5. The number of hydrogen-bond donors (Lipinski definition) is 3. The topological polar surface area (TPSA) is 105 Å². The number of hydrogen-bond acceptors (Lipinski definition) is 7. The van der Waals surface area contributed by atoms with E-state index >= 15 is 0 Å². The zero-order valence-electron chi connectivity index (χ0n) is 23.4. The van der Waals surface area contributed by atoms with Crippen molar-refractivity contribution in [3.05, 3.63) is 88.1 Å². The molecule has 220 valence electrons. The summed E-state index contributed by atoms with van der Waals surface area (Å²) >= 11 is 5.85. The Labute approximate surface area is 248 Å². The molecule has 9 nitrogen and oxygen atoms in total. The molecular weight excluding hydrogens is 559 g/mol. The highest BCUT2D eigenvalue weighted by Gasteiger charge is 2.26. The molecule has 3 N–H and O–H groups in total. The van der Waals surface area contributed by atoms with Crippen LogP contribution in [-0.2, 0) is 19.7 Å². The second-order valence-electron chi connectivity index (χ2n) is 11.2. The van der Waals surface area contributed by atoms with Crippen molar-refractivity contribution in [1.82, 2.24) is 30.3 Å². The number of nitrogens with one attached hydrogen (secondary N) is 2. The van der Waals surface area contributed by atoms with Gasteiger partial charge in [-0.15, -0.1) is 0 Å². The largest absolute Gasteiger partial charge is 0.478 e. The molecule has 4 heterocycles. The zero-order chi connectivity index (χ0) is 29.2. The van der Waals surface area contributed by atoms with Crippen molar-refractivity contribution in [3.63, 3.8) is 0 Å². The highest BCUT2D eigenvalue weighted by Crippen LogP contribution is 2.30. The highest BCUT2D eigenvalue weighted by atomic mass is 35.5. The van der Waals surface area contributed by atoms with Gasteiger partial charge in [0.05, 0.1) is 23.1 Å². The van der Waals surface area contributed by atoms with Crippen LogP contribution in [0, 0.1) is 5.82 Å². The van der Waals surface area contributed by atoms with Gasteiger partial charge in [-0.2, -0.15) is 0 Å². The Hall–Kier alpha value is -3.57. The van der Waals surface area contributed by atoms with Crippen LogP contribution in [0.3, 0.4) is 0 Å². The van der Waals surface area contributed by atoms with Crippen molar-refractivity contribution in [2.45, 2.75) is 63.9 Å². The Bertz CT molecular complexity index is 1590. The monoisotopic (exact) mass is 592 g/mol. The minimum Gasteiger partial charge on any atom is -0.478 e. The van der Waals surface area contributed by atoms with Crippen molar-refractivity contribution in [1.29, 1.82) is 0 Å². The number of hydrazine groups is 1. The van der Waals surface area contributed by atoms with Crippen LogP contribution in [0.25, 0.3) is 11.0 Å². The number of nitrogens with zero attached hydrogens (tertiary/aromatic N) is 4. The molecule has 0 amide bonds. The molecule has 0 aliphatic carbocycles. The van der Waals surface area contributed by atoms with Crippen molar-refractivity contribution in [3.8, 4) is 5.88 Å². The lowest BCUT2D eigenvalue weighted by Gasteiger charge is -2.31. The predicted octanol–water partition coefficient (Wildman–Crippen LogP) is 5.14. The molecule has 2 aromatic carbocycles. The number of fused-ring (bicyclic) bond motifs is 1. The number of carboxylic acids is 1. The fourth-order valence-corrected chi connectivity index (χ4v) is 6.05. The molecule has 2 unspecified atom stereocenters. The predicted molar refractivity (Wildman–Crippen MR) is 158 cm³/mol. The van der Waals surface area contributed by atoms with E-state index in [-0.39, 0.29) is 18.2 Å². The second-order valence-corrected chi connectivity index (χ2v) is 11.7. The molecule has 2 fully saturated rings. The summed E-state index contributed by atoms with van der Waals surface area (Å²) < 4.78 is 22.1. The van der Waals surface area contributed by atoms with Crippen LogP contribution in [0.15, 0.2) is 54.6 Å². The van der Waals surface area contributed by atoms with E-state index in [0.29, 0.717) is 41.5 Å². The average molecular weight is 593 g/mol. The Kier molecular flexibility index (Phi) is 8.39. The molecule has 0 spiro atoms.